The maximum atomic E-state index is 8.81. The van der Waals surface area contributed by atoms with Crippen LogP contribution in [0.3, 0.4) is 0 Å². The number of halogens is 1. The molecule has 0 aliphatic rings. The van der Waals surface area contributed by atoms with Crippen LogP contribution in [0.5, 0.6) is 0 Å². The van der Waals surface area contributed by atoms with Gasteiger partial charge >= 0.3 is 0 Å². The summed E-state index contributed by atoms with van der Waals surface area (Å²) in [6.45, 7) is 1.97. The zero-order chi connectivity index (χ0) is 11.7. The molecule has 4 nitrogen and oxygen atoms in total. The number of anilines is 1. The Hall–Kier alpha value is -1.80. The highest BCUT2D eigenvalue weighted by molar-refractivity contribution is 9.10. The Kier molecular flexibility index (Phi) is 2.67. The number of aryl methyl sites for hydroxylation is 1. The van der Waals surface area contributed by atoms with Crippen molar-refractivity contribution >= 4 is 21.7 Å². The summed E-state index contributed by atoms with van der Waals surface area (Å²) in [5.74, 6) is 0.365. The van der Waals surface area contributed by atoms with Gasteiger partial charge in [0.2, 0.25) is 0 Å². The summed E-state index contributed by atoms with van der Waals surface area (Å²) >= 11 is 3.40. The second-order valence-corrected chi connectivity index (χ2v) is 4.31. The van der Waals surface area contributed by atoms with Crippen molar-refractivity contribution < 1.29 is 0 Å². The Labute approximate surface area is 101 Å². The lowest BCUT2D eigenvalue weighted by molar-refractivity contribution is 0.882. The second-order valence-electron chi connectivity index (χ2n) is 3.40. The van der Waals surface area contributed by atoms with Crippen molar-refractivity contribution in [1.82, 2.24) is 9.78 Å². The van der Waals surface area contributed by atoms with Crippen LogP contribution in [0.2, 0.25) is 0 Å². The number of benzene rings is 1. The Balaban J connectivity index is 2.64. The molecule has 16 heavy (non-hydrogen) atoms. The molecule has 0 bridgehead atoms. The van der Waals surface area contributed by atoms with Crippen LogP contribution in [0.25, 0.3) is 5.69 Å². The fourth-order valence-electron chi connectivity index (χ4n) is 1.45. The average molecular weight is 277 g/mol. The van der Waals surface area contributed by atoms with Crippen molar-refractivity contribution in [2.75, 3.05) is 5.73 Å². The van der Waals surface area contributed by atoms with E-state index in [0.717, 1.165) is 15.7 Å². The maximum Gasteiger partial charge on any atom is 0.145 e. The van der Waals surface area contributed by atoms with E-state index in [9.17, 15) is 0 Å². The average Bonchev–Trinajstić information content (AvgIpc) is 2.63. The van der Waals surface area contributed by atoms with Crippen LogP contribution >= 0.6 is 15.9 Å². The number of nitrogens with zero attached hydrogens (tertiary/aromatic N) is 3. The Bertz CT molecular complexity index is 580. The number of nitriles is 1. The summed E-state index contributed by atoms with van der Waals surface area (Å²) in [6.07, 6.45) is 1.47. The highest BCUT2D eigenvalue weighted by atomic mass is 79.9. The van der Waals surface area contributed by atoms with Gasteiger partial charge in [-0.3, -0.25) is 0 Å². The second kappa shape index (κ2) is 3.99. The summed E-state index contributed by atoms with van der Waals surface area (Å²) in [4.78, 5) is 0. The van der Waals surface area contributed by atoms with E-state index >= 15 is 0 Å². The molecule has 0 saturated heterocycles. The zero-order valence-corrected chi connectivity index (χ0v) is 10.2. The van der Waals surface area contributed by atoms with E-state index in [-0.39, 0.29) is 0 Å². The predicted molar refractivity (Wildman–Crippen MR) is 65.1 cm³/mol. The van der Waals surface area contributed by atoms with Gasteiger partial charge in [-0.15, -0.1) is 0 Å². The normalized spacial score (nSPS) is 10.1. The van der Waals surface area contributed by atoms with Crippen molar-refractivity contribution in [1.29, 1.82) is 5.26 Å². The van der Waals surface area contributed by atoms with Crippen molar-refractivity contribution in [2.24, 2.45) is 0 Å². The minimum atomic E-state index is 0.365. The summed E-state index contributed by atoms with van der Waals surface area (Å²) in [6, 6.07) is 7.83. The monoisotopic (exact) mass is 276 g/mol. The van der Waals surface area contributed by atoms with E-state index in [0.29, 0.717) is 11.4 Å². The van der Waals surface area contributed by atoms with E-state index in [1.165, 1.54) is 6.20 Å². The molecular weight excluding hydrogens is 268 g/mol. The Morgan fingerprint density at radius 3 is 2.88 bits per heavy atom. The molecule has 0 amide bonds. The topological polar surface area (TPSA) is 67.6 Å². The van der Waals surface area contributed by atoms with Gasteiger partial charge in [0.25, 0.3) is 0 Å². The zero-order valence-electron chi connectivity index (χ0n) is 8.61. The lowest BCUT2D eigenvalue weighted by Gasteiger charge is -2.08. The van der Waals surface area contributed by atoms with Gasteiger partial charge in [0.15, 0.2) is 0 Å². The highest BCUT2D eigenvalue weighted by Gasteiger charge is 2.10. The first-order valence-corrected chi connectivity index (χ1v) is 5.43. The molecule has 0 saturated carbocycles. The fourth-order valence-corrected chi connectivity index (χ4v) is 1.80. The van der Waals surface area contributed by atoms with E-state index in [1.807, 2.05) is 31.2 Å². The van der Waals surface area contributed by atoms with E-state index in [1.54, 1.807) is 4.68 Å². The molecule has 2 aromatic rings. The first-order valence-electron chi connectivity index (χ1n) is 4.63. The molecule has 0 unspecified atom stereocenters. The van der Waals surface area contributed by atoms with Gasteiger partial charge in [-0.25, -0.2) is 4.68 Å². The van der Waals surface area contributed by atoms with Gasteiger partial charge in [0.05, 0.1) is 11.9 Å². The number of aromatic nitrogens is 2. The van der Waals surface area contributed by atoms with Gasteiger partial charge in [0, 0.05) is 4.47 Å². The van der Waals surface area contributed by atoms with E-state index < -0.39 is 0 Å². The van der Waals surface area contributed by atoms with Crippen LogP contribution in [0.4, 0.5) is 5.82 Å². The molecule has 0 fully saturated rings. The van der Waals surface area contributed by atoms with Gasteiger partial charge in [0.1, 0.15) is 17.5 Å². The number of hydrogen-bond acceptors (Lipinski definition) is 3. The van der Waals surface area contributed by atoms with Crippen molar-refractivity contribution in [3.8, 4) is 11.8 Å². The Morgan fingerprint density at radius 2 is 2.25 bits per heavy atom. The molecular formula is C11H9BrN4. The molecule has 1 aromatic carbocycles. The fraction of sp³-hybridized carbons (Fsp3) is 0.0909. The molecule has 1 aromatic heterocycles. The molecule has 0 spiro atoms. The van der Waals surface area contributed by atoms with E-state index in [2.05, 4.69) is 21.0 Å². The van der Waals surface area contributed by atoms with Crippen LogP contribution in [0.1, 0.15) is 11.1 Å². The Morgan fingerprint density at radius 1 is 1.50 bits per heavy atom. The van der Waals surface area contributed by atoms with Crippen molar-refractivity contribution in [3.05, 3.63) is 40.0 Å². The third-order valence-corrected chi connectivity index (χ3v) is 2.82. The molecule has 0 aliphatic heterocycles. The molecule has 2 rings (SSSR count). The highest BCUT2D eigenvalue weighted by Crippen LogP contribution is 2.22. The predicted octanol–water partition coefficient (Wildman–Crippen LogP) is 2.40. The number of nitrogens with two attached hydrogens (primary N) is 1. The van der Waals surface area contributed by atoms with Crippen molar-refractivity contribution in [3.63, 3.8) is 0 Å². The minimum Gasteiger partial charge on any atom is -0.382 e. The number of hydrogen-bond donors (Lipinski definition) is 1. The lowest BCUT2D eigenvalue weighted by Crippen LogP contribution is -2.04. The number of nitrogen functional groups attached to an aromatic ring is 1. The molecule has 5 heteroatoms. The molecule has 1 heterocycles. The van der Waals surface area contributed by atoms with Crippen LogP contribution in [0, 0.1) is 18.3 Å². The van der Waals surface area contributed by atoms with Gasteiger partial charge in [-0.05, 0) is 24.6 Å². The molecule has 0 atom stereocenters. The first kappa shape index (κ1) is 10.7. The largest absolute Gasteiger partial charge is 0.382 e. The molecule has 80 valence electrons. The SMILES string of the molecule is Cc1ccc(Br)cc1-n1ncc(C#N)c1N. The molecule has 0 aliphatic carbocycles. The van der Waals surface area contributed by atoms with Crippen LogP contribution in [0.15, 0.2) is 28.9 Å². The third kappa shape index (κ3) is 1.68. The quantitative estimate of drug-likeness (QED) is 0.870. The summed E-state index contributed by atoms with van der Waals surface area (Å²) in [5.41, 5.74) is 8.13. The van der Waals surface area contributed by atoms with Crippen LogP contribution in [-0.2, 0) is 0 Å². The first-order chi connectivity index (χ1) is 7.63. The third-order valence-electron chi connectivity index (χ3n) is 2.33. The maximum absolute atomic E-state index is 8.81. The van der Waals surface area contributed by atoms with Gasteiger partial charge < -0.3 is 5.73 Å². The smallest absolute Gasteiger partial charge is 0.145 e. The molecule has 0 radical (unpaired) electrons. The van der Waals surface area contributed by atoms with Crippen molar-refractivity contribution in [2.45, 2.75) is 6.92 Å². The minimum absolute atomic E-state index is 0.365. The lowest BCUT2D eigenvalue weighted by atomic mass is 10.2. The van der Waals surface area contributed by atoms with Gasteiger partial charge in [-0.2, -0.15) is 10.4 Å². The van der Waals surface area contributed by atoms with E-state index in [4.69, 9.17) is 11.0 Å². The summed E-state index contributed by atoms with van der Waals surface area (Å²) in [7, 11) is 0. The van der Waals surface area contributed by atoms with Crippen LogP contribution in [-0.4, -0.2) is 9.78 Å². The molecule has 2 N–H and O–H groups in total. The standard InChI is InChI=1S/C11H9BrN4/c1-7-2-3-9(12)4-10(7)16-11(14)8(5-13)6-15-16/h2-4,6H,14H2,1H3. The van der Waals surface area contributed by atoms with Crippen LogP contribution < -0.4 is 5.73 Å². The van der Waals surface area contributed by atoms with Gasteiger partial charge in [-0.1, -0.05) is 22.0 Å². The summed E-state index contributed by atoms with van der Waals surface area (Å²) in [5, 5.41) is 12.9. The summed E-state index contributed by atoms with van der Waals surface area (Å²) < 4.78 is 2.51. The number of rotatable bonds is 1.